The number of carbonyl (C=O) groups is 1. The summed E-state index contributed by atoms with van der Waals surface area (Å²) in [6.07, 6.45) is 10.9. The Morgan fingerprint density at radius 1 is 1.40 bits per heavy atom. The van der Waals surface area contributed by atoms with Crippen molar-refractivity contribution in [2.75, 3.05) is 6.54 Å². The Bertz CT molecular complexity index is 636. The van der Waals surface area contributed by atoms with Crippen molar-refractivity contribution in [3.63, 3.8) is 0 Å². The quantitative estimate of drug-likeness (QED) is 0.529. The number of rotatable bonds is 6. The van der Waals surface area contributed by atoms with Crippen molar-refractivity contribution >= 4 is 27.9 Å². The van der Waals surface area contributed by atoms with Gasteiger partial charge in [0.25, 0.3) is 0 Å². The summed E-state index contributed by atoms with van der Waals surface area (Å²) >= 11 is 3.29. The molecule has 1 heterocycles. The molecule has 138 valence electrons. The summed E-state index contributed by atoms with van der Waals surface area (Å²) in [5.74, 6) is 0.241. The highest BCUT2D eigenvalue weighted by atomic mass is 79.9. The highest BCUT2D eigenvalue weighted by Gasteiger charge is 2.28. The lowest BCUT2D eigenvalue weighted by atomic mass is 9.75. The first-order valence-electron chi connectivity index (χ1n) is 9.33. The van der Waals surface area contributed by atoms with Gasteiger partial charge in [0.2, 0.25) is 5.91 Å². The van der Waals surface area contributed by atoms with E-state index >= 15 is 0 Å². The van der Waals surface area contributed by atoms with E-state index in [0.29, 0.717) is 4.73 Å². The number of hydrogen-bond acceptors (Lipinski definition) is 3. The van der Waals surface area contributed by atoms with Crippen LogP contribution in [-0.2, 0) is 4.79 Å². The fourth-order valence-corrected chi connectivity index (χ4v) is 3.75. The standard InChI is InChI=1S/C20H30BrN3O/c1-5-14(2)17(11-16-12-22-19(21)24-15(16)3)18(25)23-13-20(4)9-7-6-8-10-20/h11-12,14H,5-10,13H2,1-4H3,(H,23,25)/b17-11+. The summed E-state index contributed by atoms with van der Waals surface area (Å²) in [7, 11) is 0. The smallest absolute Gasteiger partial charge is 0.247 e. The average Bonchev–Trinajstić information content (AvgIpc) is 2.59. The lowest BCUT2D eigenvalue weighted by Gasteiger charge is -2.34. The molecule has 1 fully saturated rings. The third-order valence-electron chi connectivity index (χ3n) is 5.44. The summed E-state index contributed by atoms with van der Waals surface area (Å²) in [4.78, 5) is 21.4. The van der Waals surface area contributed by atoms with Crippen LogP contribution in [-0.4, -0.2) is 22.4 Å². The Kier molecular flexibility index (Phi) is 7.17. The molecule has 1 saturated carbocycles. The number of aryl methyl sites for hydroxylation is 1. The monoisotopic (exact) mass is 407 g/mol. The predicted octanol–water partition coefficient (Wildman–Crippen LogP) is 5.06. The van der Waals surface area contributed by atoms with Gasteiger partial charge in [-0.05, 0) is 59.5 Å². The van der Waals surface area contributed by atoms with Crippen LogP contribution in [0.5, 0.6) is 0 Å². The molecule has 0 bridgehead atoms. The number of hydrogen-bond donors (Lipinski definition) is 1. The van der Waals surface area contributed by atoms with Gasteiger partial charge in [-0.3, -0.25) is 4.79 Å². The molecule has 0 saturated heterocycles. The highest BCUT2D eigenvalue weighted by molar-refractivity contribution is 9.10. The first-order chi connectivity index (χ1) is 11.8. The van der Waals surface area contributed by atoms with Crippen LogP contribution in [0.2, 0.25) is 0 Å². The third-order valence-corrected chi connectivity index (χ3v) is 5.82. The number of amides is 1. The van der Waals surface area contributed by atoms with Gasteiger partial charge in [-0.25, -0.2) is 9.97 Å². The molecule has 5 heteroatoms. The summed E-state index contributed by atoms with van der Waals surface area (Å²) in [6.45, 7) is 9.21. The van der Waals surface area contributed by atoms with E-state index < -0.39 is 0 Å². The molecule has 1 N–H and O–H groups in total. The lowest BCUT2D eigenvalue weighted by molar-refractivity contribution is -0.118. The zero-order valence-electron chi connectivity index (χ0n) is 15.9. The first-order valence-corrected chi connectivity index (χ1v) is 10.1. The van der Waals surface area contributed by atoms with Gasteiger partial charge < -0.3 is 5.32 Å². The van der Waals surface area contributed by atoms with E-state index in [0.717, 1.165) is 29.8 Å². The summed E-state index contributed by atoms with van der Waals surface area (Å²) < 4.78 is 0.571. The molecule has 1 aliphatic carbocycles. The maximum absolute atomic E-state index is 12.9. The van der Waals surface area contributed by atoms with E-state index in [1.807, 2.05) is 13.0 Å². The number of nitrogens with zero attached hydrogens (tertiary/aromatic N) is 2. The van der Waals surface area contributed by atoms with Gasteiger partial charge in [0.05, 0.1) is 0 Å². The zero-order valence-corrected chi connectivity index (χ0v) is 17.4. The van der Waals surface area contributed by atoms with E-state index in [9.17, 15) is 4.79 Å². The van der Waals surface area contributed by atoms with Gasteiger partial charge >= 0.3 is 0 Å². The van der Waals surface area contributed by atoms with Crippen LogP contribution in [0.3, 0.4) is 0 Å². The number of halogens is 1. The van der Waals surface area contributed by atoms with Crippen molar-refractivity contribution in [2.24, 2.45) is 11.3 Å². The SMILES string of the molecule is CCC(C)/C(=C\c1cnc(Br)nc1C)C(=O)NCC1(C)CCCCC1. The molecule has 1 unspecified atom stereocenters. The van der Waals surface area contributed by atoms with Crippen LogP contribution >= 0.6 is 15.9 Å². The van der Waals surface area contributed by atoms with Crippen molar-refractivity contribution < 1.29 is 4.79 Å². The van der Waals surface area contributed by atoms with Gasteiger partial charge in [-0.15, -0.1) is 0 Å². The Labute approximate surface area is 160 Å². The molecule has 0 radical (unpaired) electrons. The number of carbonyl (C=O) groups excluding carboxylic acids is 1. The molecule has 1 amide bonds. The van der Waals surface area contributed by atoms with Crippen LogP contribution in [0.1, 0.15) is 70.6 Å². The molecule has 1 atom stereocenters. The second-order valence-corrected chi connectivity index (χ2v) is 8.35. The van der Waals surface area contributed by atoms with E-state index in [-0.39, 0.29) is 17.2 Å². The molecular formula is C20H30BrN3O. The van der Waals surface area contributed by atoms with E-state index in [2.05, 4.69) is 52.0 Å². The fourth-order valence-electron chi connectivity index (χ4n) is 3.39. The van der Waals surface area contributed by atoms with Crippen molar-refractivity contribution in [3.8, 4) is 0 Å². The molecule has 0 spiro atoms. The van der Waals surface area contributed by atoms with Crippen LogP contribution in [0.25, 0.3) is 6.08 Å². The minimum Gasteiger partial charge on any atom is -0.352 e. The molecule has 4 nitrogen and oxygen atoms in total. The second kappa shape index (κ2) is 8.93. The maximum Gasteiger partial charge on any atom is 0.247 e. The average molecular weight is 408 g/mol. The van der Waals surface area contributed by atoms with Crippen molar-refractivity contribution in [1.29, 1.82) is 0 Å². The maximum atomic E-state index is 12.9. The minimum absolute atomic E-state index is 0.0449. The summed E-state index contributed by atoms with van der Waals surface area (Å²) in [5.41, 5.74) is 2.83. The van der Waals surface area contributed by atoms with Crippen LogP contribution in [0, 0.1) is 18.3 Å². The van der Waals surface area contributed by atoms with Crippen molar-refractivity contribution in [2.45, 2.75) is 66.2 Å². The van der Waals surface area contributed by atoms with Gasteiger partial charge in [-0.2, -0.15) is 0 Å². The topological polar surface area (TPSA) is 54.9 Å². The predicted molar refractivity (Wildman–Crippen MR) is 106 cm³/mol. The van der Waals surface area contributed by atoms with Gasteiger partial charge in [0, 0.05) is 29.6 Å². The fraction of sp³-hybridized carbons (Fsp3) is 0.650. The van der Waals surface area contributed by atoms with Crippen LogP contribution in [0.15, 0.2) is 16.5 Å². The van der Waals surface area contributed by atoms with Crippen LogP contribution < -0.4 is 5.32 Å². The highest BCUT2D eigenvalue weighted by Crippen LogP contribution is 2.35. The molecule has 1 aromatic rings. The summed E-state index contributed by atoms with van der Waals surface area (Å²) in [6, 6.07) is 0. The van der Waals surface area contributed by atoms with Crippen molar-refractivity contribution in [3.05, 3.63) is 27.8 Å². The van der Waals surface area contributed by atoms with E-state index in [1.165, 1.54) is 32.1 Å². The van der Waals surface area contributed by atoms with Crippen LogP contribution in [0.4, 0.5) is 0 Å². The molecule has 0 aliphatic heterocycles. The lowest BCUT2D eigenvalue weighted by Crippen LogP contribution is -2.38. The van der Waals surface area contributed by atoms with E-state index in [4.69, 9.17) is 0 Å². The van der Waals surface area contributed by atoms with Gasteiger partial charge in [-0.1, -0.05) is 40.0 Å². The Morgan fingerprint density at radius 3 is 2.68 bits per heavy atom. The Morgan fingerprint density at radius 2 is 2.08 bits per heavy atom. The molecule has 0 aromatic carbocycles. The summed E-state index contributed by atoms with van der Waals surface area (Å²) in [5, 5.41) is 3.20. The van der Waals surface area contributed by atoms with Gasteiger partial charge in [0.1, 0.15) is 0 Å². The second-order valence-electron chi connectivity index (χ2n) is 7.64. The third kappa shape index (κ3) is 5.63. The number of aromatic nitrogens is 2. The largest absolute Gasteiger partial charge is 0.352 e. The minimum atomic E-state index is 0.0449. The zero-order chi connectivity index (χ0) is 18.4. The van der Waals surface area contributed by atoms with E-state index in [1.54, 1.807) is 6.20 Å². The Balaban J connectivity index is 2.15. The Hall–Kier alpha value is -1.23. The van der Waals surface area contributed by atoms with Gasteiger partial charge in [0.15, 0.2) is 4.73 Å². The molecular weight excluding hydrogens is 378 g/mol. The molecule has 1 aliphatic rings. The molecule has 1 aromatic heterocycles. The first kappa shape index (κ1) is 20.1. The number of nitrogens with one attached hydrogen (secondary N) is 1. The molecule has 2 rings (SSSR count). The van der Waals surface area contributed by atoms with Crippen molar-refractivity contribution in [1.82, 2.24) is 15.3 Å². The normalized spacial score (nSPS) is 18.7. The molecule has 25 heavy (non-hydrogen) atoms.